The van der Waals surface area contributed by atoms with Gasteiger partial charge < -0.3 is 31.1 Å². The number of halogens is 5. The van der Waals surface area contributed by atoms with Gasteiger partial charge in [-0.1, -0.05) is 13.8 Å². The number of alkyl halides is 3. The lowest BCUT2D eigenvalue weighted by Gasteiger charge is -2.40. The average molecular weight is 584 g/mol. The minimum Gasteiger partial charge on any atom is -0.474 e. The fourth-order valence-electron chi connectivity index (χ4n) is 4.86. The van der Waals surface area contributed by atoms with E-state index in [1.165, 1.54) is 0 Å². The van der Waals surface area contributed by atoms with Crippen molar-refractivity contribution < 1.29 is 31.8 Å². The summed E-state index contributed by atoms with van der Waals surface area (Å²) < 4.78 is 79.4. The number of hydrogen-bond acceptors (Lipinski definition) is 9. The van der Waals surface area contributed by atoms with Gasteiger partial charge in [0.25, 0.3) is 0 Å². The minimum absolute atomic E-state index is 0.0650. The van der Waals surface area contributed by atoms with Crippen molar-refractivity contribution in [2.75, 3.05) is 48.7 Å². The molecule has 224 valence electrons. The molecule has 5 N–H and O–H groups in total. The van der Waals surface area contributed by atoms with Crippen LogP contribution in [0.5, 0.6) is 5.88 Å². The van der Waals surface area contributed by atoms with E-state index in [4.69, 9.17) is 10.5 Å². The highest BCUT2D eigenvalue weighted by Gasteiger charge is 2.39. The summed E-state index contributed by atoms with van der Waals surface area (Å²) in [5.74, 6) is -2.29. The summed E-state index contributed by atoms with van der Waals surface area (Å²) in [5.41, 5.74) is 1.17. The third-order valence-corrected chi connectivity index (χ3v) is 7.05. The third kappa shape index (κ3) is 5.80. The van der Waals surface area contributed by atoms with E-state index in [0.717, 1.165) is 13.0 Å². The van der Waals surface area contributed by atoms with Gasteiger partial charge in [-0.2, -0.15) is 18.2 Å². The zero-order valence-electron chi connectivity index (χ0n) is 23.3. The number of nitrogens with one attached hydrogen (secondary N) is 2. The molecule has 0 bridgehead atoms. The molecule has 1 fully saturated rings. The van der Waals surface area contributed by atoms with E-state index in [0.29, 0.717) is 39.0 Å². The number of hydrogen-bond donors (Lipinski definition) is 4. The number of nitrogens with zero attached hydrogens (tertiary/aromatic N) is 4. The molecule has 2 aliphatic rings. The van der Waals surface area contributed by atoms with Crippen LogP contribution in [0.15, 0.2) is 6.07 Å². The van der Waals surface area contributed by atoms with Crippen molar-refractivity contribution in [3.63, 3.8) is 0 Å². The van der Waals surface area contributed by atoms with Crippen LogP contribution < -0.4 is 26.0 Å². The molecule has 0 aliphatic carbocycles. The number of nitrogen functional groups attached to an aromatic ring is 1. The predicted molar refractivity (Wildman–Crippen MR) is 147 cm³/mol. The number of nitrogens with two attached hydrogens (primary N) is 1. The number of pyridine rings is 1. The van der Waals surface area contributed by atoms with E-state index < -0.39 is 52.0 Å². The summed E-state index contributed by atoms with van der Waals surface area (Å²) in [6.45, 7) is 8.56. The first-order chi connectivity index (χ1) is 19.5. The predicted octanol–water partition coefficient (Wildman–Crippen LogP) is 4.65. The molecule has 1 saturated heterocycles. The molecule has 0 saturated carbocycles. The average Bonchev–Trinajstić information content (AvgIpc) is 2.93. The Labute approximate surface area is 234 Å². The lowest BCUT2D eigenvalue weighted by Crippen LogP contribution is -2.50. The van der Waals surface area contributed by atoms with E-state index in [-0.39, 0.29) is 41.2 Å². The van der Waals surface area contributed by atoms with E-state index in [2.05, 4.69) is 25.6 Å². The molecule has 2 aromatic heterocycles. The second kappa shape index (κ2) is 12.1. The van der Waals surface area contributed by atoms with E-state index in [9.17, 15) is 22.7 Å². The Hall–Kier alpha value is -3.52. The maximum atomic E-state index is 16.3. The highest BCUT2D eigenvalue weighted by Crippen LogP contribution is 2.45. The summed E-state index contributed by atoms with van der Waals surface area (Å²) >= 11 is 0. The number of benzene rings is 1. The van der Waals surface area contributed by atoms with Crippen molar-refractivity contribution in [3.05, 3.63) is 28.8 Å². The van der Waals surface area contributed by atoms with Crippen LogP contribution in [0.25, 0.3) is 22.2 Å². The fourth-order valence-corrected chi connectivity index (χ4v) is 4.86. The van der Waals surface area contributed by atoms with Crippen LogP contribution in [0.2, 0.25) is 0 Å². The van der Waals surface area contributed by atoms with Gasteiger partial charge in [0.1, 0.15) is 28.2 Å². The molecule has 5 rings (SSSR count). The Balaban J connectivity index is 0.00000189. The van der Waals surface area contributed by atoms with Crippen molar-refractivity contribution in [1.82, 2.24) is 20.3 Å². The number of ether oxygens (including phenoxy) is 1. The van der Waals surface area contributed by atoms with Gasteiger partial charge in [-0.25, -0.2) is 18.7 Å². The van der Waals surface area contributed by atoms with Gasteiger partial charge in [0, 0.05) is 25.2 Å². The molecule has 14 heteroatoms. The van der Waals surface area contributed by atoms with Gasteiger partial charge in [0.15, 0.2) is 5.82 Å². The first kappa shape index (κ1) is 30.4. The Morgan fingerprint density at radius 2 is 1.83 bits per heavy atom. The smallest absolute Gasteiger partial charge is 0.417 e. The number of aliphatic hydroxyl groups is 1. The van der Waals surface area contributed by atoms with Gasteiger partial charge in [-0.3, -0.25) is 0 Å². The van der Waals surface area contributed by atoms with Crippen molar-refractivity contribution in [2.24, 2.45) is 0 Å². The molecular weight excluding hydrogens is 549 g/mol. The first-order valence-corrected chi connectivity index (χ1v) is 13.6. The second-order valence-corrected chi connectivity index (χ2v) is 9.71. The van der Waals surface area contributed by atoms with E-state index >= 15 is 4.39 Å². The van der Waals surface area contributed by atoms with Gasteiger partial charge in [-0.05, 0) is 44.9 Å². The van der Waals surface area contributed by atoms with Gasteiger partial charge in [0.05, 0.1) is 30.0 Å². The standard InChI is InChI=1S/C25H28F5N7O2.C2H6/c1-11-3-5-32-6-7-33-22-16-21(35-24(36-22)37-8-4-13(37)10-38)19(27)20(34-23(16)39-11)14-9-15(31)18(26)12(2)17(14)25(28,29)30;1-2/h9,11,13,32,38H,3-8,10,31H2,1-2H3,(H,33,35,36);1-2H3. The van der Waals surface area contributed by atoms with Gasteiger partial charge >= 0.3 is 6.18 Å². The van der Waals surface area contributed by atoms with Crippen LogP contribution in [-0.2, 0) is 6.18 Å². The molecule has 9 nitrogen and oxygen atoms in total. The lowest BCUT2D eigenvalue weighted by atomic mass is 9.96. The van der Waals surface area contributed by atoms with Crippen LogP contribution >= 0.6 is 0 Å². The molecule has 41 heavy (non-hydrogen) atoms. The topological polar surface area (TPSA) is 121 Å². The Kier molecular flexibility index (Phi) is 9.02. The van der Waals surface area contributed by atoms with Crippen LogP contribution in [0.1, 0.15) is 44.7 Å². The quantitative estimate of drug-likeness (QED) is 0.258. The Morgan fingerprint density at radius 1 is 1.10 bits per heavy atom. The summed E-state index contributed by atoms with van der Waals surface area (Å²) in [6, 6.07) is 0.446. The van der Waals surface area contributed by atoms with Crippen LogP contribution in [0.4, 0.5) is 39.4 Å². The van der Waals surface area contributed by atoms with Crippen molar-refractivity contribution in [3.8, 4) is 17.1 Å². The molecule has 2 unspecified atom stereocenters. The zero-order valence-corrected chi connectivity index (χ0v) is 23.3. The molecular formula is C27H34F5N7O2. The fraction of sp³-hybridized carbons (Fsp3) is 0.519. The third-order valence-electron chi connectivity index (χ3n) is 7.05. The van der Waals surface area contributed by atoms with Crippen molar-refractivity contribution in [1.29, 1.82) is 0 Å². The Morgan fingerprint density at radius 3 is 2.46 bits per heavy atom. The first-order valence-electron chi connectivity index (χ1n) is 13.6. The number of aromatic nitrogens is 3. The molecule has 4 heterocycles. The molecule has 2 aliphatic heterocycles. The van der Waals surface area contributed by atoms with Gasteiger partial charge in [-0.15, -0.1) is 0 Å². The molecule has 1 aromatic carbocycles. The minimum atomic E-state index is -5.04. The zero-order chi connectivity index (χ0) is 30.1. The van der Waals surface area contributed by atoms with Crippen LogP contribution in [0.3, 0.4) is 0 Å². The largest absolute Gasteiger partial charge is 0.474 e. The number of anilines is 3. The molecule has 0 radical (unpaired) electrons. The highest BCUT2D eigenvalue weighted by atomic mass is 19.4. The van der Waals surface area contributed by atoms with Crippen LogP contribution in [0, 0.1) is 18.6 Å². The maximum absolute atomic E-state index is 16.3. The van der Waals surface area contributed by atoms with Crippen molar-refractivity contribution in [2.45, 2.75) is 58.9 Å². The molecule has 0 spiro atoms. The lowest BCUT2D eigenvalue weighted by molar-refractivity contribution is -0.137. The highest BCUT2D eigenvalue weighted by molar-refractivity contribution is 5.97. The summed E-state index contributed by atoms with van der Waals surface area (Å²) in [7, 11) is 0. The second-order valence-electron chi connectivity index (χ2n) is 9.71. The van der Waals surface area contributed by atoms with E-state index in [1.807, 2.05) is 13.8 Å². The Bertz CT molecular complexity index is 1420. The maximum Gasteiger partial charge on any atom is 0.417 e. The van der Waals surface area contributed by atoms with Gasteiger partial charge in [0.2, 0.25) is 11.8 Å². The molecule has 3 aromatic rings. The SMILES string of the molecule is CC.Cc1c(F)c(N)cc(-c2nc3c4c(nc(N5CCC5CO)nc4c2F)NCCNCCC(C)O3)c1C(F)(F)F. The molecule has 0 amide bonds. The summed E-state index contributed by atoms with van der Waals surface area (Å²) in [4.78, 5) is 14.8. The number of aliphatic hydroxyl groups excluding tert-OH is 1. The summed E-state index contributed by atoms with van der Waals surface area (Å²) in [5, 5.41) is 16.1. The summed E-state index contributed by atoms with van der Waals surface area (Å²) in [6.07, 6.45) is -4.28. The normalized spacial score (nSPS) is 19.3. The van der Waals surface area contributed by atoms with Crippen LogP contribution in [-0.4, -0.2) is 65.0 Å². The van der Waals surface area contributed by atoms with Crippen molar-refractivity contribution >= 4 is 28.4 Å². The molecule has 2 atom stereocenters. The monoisotopic (exact) mass is 583 g/mol. The number of rotatable bonds is 3. The van der Waals surface area contributed by atoms with E-state index in [1.54, 1.807) is 11.8 Å².